The Hall–Kier alpha value is -2.87. The van der Waals surface area contributed by atoms with Gasteiger partial charge in [-0.3, -0.25) is 14.8 Å². The molecule has 0 saturated heterocycles. The number of hydrogen-bond donors (Lipinski definition) is 2. The fraction of sp³-hybridized carbons (Fsp3) is 0.450. The standard InChI is InChI=1S/C20H27N5O3/c1-13(11-24(4)5)28-19(27)25-12-15-16(20(25,2)3)22-23-17(15)21-18(26)14-9-7-6-8-10-14/h6-10,13H,11-12H2,1-5H3,(H2,21,22,23,26). The third-order valence-corrected chi connectivity index (χ3v) is 4.88. The van der Waals surface area contributed by atoms with Crippen LogP contribution in [0.5, 0.6) is 0 Å². The van der Waals surface area contributed by atoms with Crippen LogP contribution in [0.3, 0.4) is 0 Å². The highest BCUT2D eigenvalue weighted by Gasteiger charge is 2.45. The maximum absolute atomic E-state index is 12.7. The number of likely N-dealkylation sites (N-methyl/N-ethyl adjacent to an activating group) is 1. The molecular formula is C20H27N5O3. The van der Waals surface area contributed by atoms with E-state index in [2.05, 4.69) is 15.5 Å². The Morgan fingerprint density at radius 2 is 2.00 bits per heavy atom. The molecule has 2 amide bonds. The number of ether oxygens (including phenoxy) is 1. The van der Waals surface area contributed by atoms with Gasteiger partial charge >= 0.3 is 6.09 Å². The number of H-pyrrole nitrogens is 1. The predicted molar refractivity (Wildman–Crippen MR) is 106 cm³/mol. The second-order valence-electron chi connectivity index (χ2n) is 7.85. The molecule has 0 fully saturated rings. The molecule has 1 aromatic carbocycles. The Labute approximate surface area is 164 Å². The summed E-state index contributed by atoms with van der Waals surface area (Å²) in [6.07, 6.45) is -0.614. The van der Waals surface area contributed by atoms with E-state index in [1.54, 1.807) is 29.2 Å². The summed E-state index contributed by atoms with van der Waals surface area (Å²) >= 11 is 0. The van der Waals surface area contributed by atoms with E-state index in [1.165, 1.54) is 0 Å². The summed E-state index contributed by atoms with van der Waals surface area (Å²) < 4.78 is 5.60. The molecule has 8 nitrogen and oxygen atoms in total. The van der Waals surface area contributed by atoms with Crippen LogP contribution >= 0.6 is 0 Å². The second-order valence-corrected chi connectivity index (χ2v) is 7.85. The summed E-state index contributed by atoms with van der Waals surface area (Å²) in [6.45, 7) is 6.69. The van der Waals surface area contributed by atoms with Gasteiger partial charge in [0.25, 0.3) is 5.91 Å². The molecule has 8 heteroatoms. The van der Waals surface area contributed by atoms with Crippen LogP contribution in [0.15, 0.2) is 30.3 Å². The minimum Gasteiger partial charge on any atom is -0.445 e. The number of anilines is 1. The van der Waals surface area contributed by atoms with Crippen LogP contribution < -0.4 is 5.32 Å². The summed E-state index contributed by atoms with van der Waals surface area (Å²) in [5.74, 6) is 0.196. The molecule has 0 radical (unpaired) electrons. The minimum absolute atomic E-state index is 0.229. The van der Waals surface area contributed by atoms with Crippen molar-refractivity contribution in [2.45, 2.75) is 39.0 Å². The monoisotopic (exact) mass is 385 g/mol. The zero-order chi connectivity index (χ0) is 20.5. The van der Waals surface area contributed by atoms with Crippen LogP contribution in [-0.4, -0.2) is 58.7 Å². The topological polar surface area (TPSA) is 90.6 Å². The highest BCUT2D eigenvalue weighted by molar-refractivity contribution is 6.04. The number of aromatic amines is 1. The number of carbonyl (C=O) groups excluding carboxylic acids is 2. The summed E-state index contributed by atoms with van der Waals surface area (Å²) in [5, 5.41) is 10.1. The molecule has 0 saturated carbocycles. The van der Waals surface area contributed by atoms with Gasteiger partial charge in [-0.2, -0.15) is 5.10 Å². The molecule has 0 aliphatic carbocycles. The largest absolute Gasteiger partial charge is 0.445 e. The van der Waals surface area contributed by atoms with Gasteiger partial charge in [-0.1, -0.05) is 18.2 Å². The van der Waals surface area contributed by atoms with Crippen molar-refractivity contribution in [2.75, 3.05) is 26.0 Å². The molecule has 2 N–H and O–H groups in total. The van der Waals surface area contributed by atoms with Gasteiger partial charge < -0.3 is 15.0 Å². The number of aromatic nitrogens is 2. The van der Waals surface area contributed by atoms with Gasteiger partial charge in [-0.15, -0.1) is 0 Å². The number of nitrogens with one attached hydrogen (secondary N) is 2. The lowest BCUT2D eigenvalue weighted by atomic mass is 10.0. The van der Waals surface area contributed by atoms with Gasteiger partial charge in [0.05, 0.1) is 17.8 Å². The Balaban J connectivity index is 1.75. The first-order valence-corrected chi connectivity index (χ1v) is 9.27. The van der Waals surface area contributed by atoms with Gasteiger partial charge in [0.2, 0.25) is 0 Å². The summed E-state index contributed by atoms with van der Waals surface area (Å²) in [4.78, 5) is 28.8. The Bertz CT molecular complexity index is 860. The van der Waals surface area contributed by atoms with E-state index >= 15 is 0 Å². The minimum atomic E-state index is -0.618. The molecule has 1 aromatic heterocycles. The number of fused-ring (bicyclic) bond motifs is 1. The van der Waals surface area contributed by atoms with Crippen molar-refractivity contribution >= 4 is 17.8 Å². The lowest BCUT2D eigenvalue weighted by molar-refractivity contribution is 0.0330. The molecule has 2 heterocycles. The molecule has 150 valence electrons. The highest BCUT2D eigenvalue weighted by atomic mass is 16.6. The zero-order valence-corrected chi connectivity index (χ0v) is 16.9. The maximum Gasteiger partial charge on any atom is 0.411 e. The Morgan fingerprint density at radius 3 is 2.64 bits per heavy atom. The number of amides is 2. The average Bonchev–Trinajstić information content (AvgIpc) is 3.13. The second kappa shape index (κ2) is 7.63. The van der Waals surface area contributed by atoms with Gasteiger partial charge in [0, 0.05) is 17.7 Å². The number of benzene rings is 1. The third-order valence-electron chi connectivity index (χ3n) is 4.88. The first kappa shape index (κ1) is 19.9. The number of carbonyl (C=O) groups is 2. The van der Waals surface area contributed by atoms with Crippen molar-refractivity contribution in [3.63, 3.8) is 0 Å². The van der Waals surface area contributed by atoms with Crippen LogP contribution in [0.1, 0.15) is 42.4 Å². The van der Waals surface area contributed by atoms with Crippen LogP contribution in [0.25, 0.3) is 0 Å². The van der Waals surface area contributed by atoms with Crippen LogP contribution in [0, 0.1) is 0 Å². The van der Waals surface area contributed by atoms with Gasteiger partial charge in [0.1, 0.15) is 6.10 Å². The predicted octanol–water partition coefficient (Wildman–Crippen LogP) is 2.80. The first-order valence-electron chi connectivity index (χ1n) is 9.27. The van der Waals surface area contributed by atoms with E-state index in [0.717, 1.165) is 11.3 Å². The van der Waals surface area contributed by atoms with Gasteiger partial charge in [-0.05, 0) is 47.0 Å². The zero-order valence-electron chi connectivity index (χ0n) is 16.9. The van der Waals surface area contributed by atoms with Crippen LogP contribution in [-0.2, 0) is 16.8 Å². The molecule has 1 aliphatic rings. The van der Waals surface area contributed by atoms with Gasteiger partial charge in [0.15, 0.2) is 5.82 Å². The van der Waals surface area contributed by atoms with E-state index < -0.39 is 5.54 Å². The summed E-state index contributed by atoms with van der Waals surface area (Å²) in [7, 11) is 3.87. The van der Waals surface area contributed by atoms with E-state index in [9.17, 15) is 9.59 Å². The lowest BCUT2D eigenvalue weighted by Gasteiger charge is -2.32. The van der Waals surface area contributed by atoms with Crippen molar-refractivity contribution < 1.29 is 14.3 Å². The fourth-order valence-corrected chi connectivity index (χ4v) is 3.47. The molecule has 0 bridgehead atoms. The third kappa shape index (κ3) is 3.87. The highest BCUT2D eigenvalue weighted by Crippen LogP contribution is 2.41. The van der Waals surface area contributed by atoms with E-state index in [0.29, 0.717) is 24.5 Å². The molecule has 1 unspecified atom stereocenters. The van der Waals surface area contributed by atoms with E-state index in [4.69, 9.17) is 4.74 Å². The molecular weight excluding hydrogens is 358 g/mol. The van der Waals surface area contributed by atoms with Crippen molar-refractivity contribution in [3.05, 3.63) is 47.2 Å². The fourth-order valence-electron chi connectivity index (χ4n) is 3.47. The number of hydrogen-bond acceptors (Lipinski definition) is 5. The SMILES string of the molecule is CC(CN(C)C)OC(=O)N1Cc2c(NC(=O)c3ccccc3)n[nH]c2C1(C)C. The number of nitrogens with zero attached hydrogens (tertiary/aromatic N) is 3. The van der Waals surface area contributed by atoms with Gasteiger partial charge in [-0.25, -0.2) is 4.79 Å². The summed E-state index contributed by atoms with van der Waals surface area (Å²) in [6, 6.07) is 8.94. The maximum atomic E-state index is 12.7. The van der Waals surface area contributed by atoms with E-state index in [1.807, 2.05) is 45.8 Å². The van der Waals surface area contributed by atoms with E-state index in [-0.39, 0.29) is 18.1 Å². The average molecular weight is 385 g/mol. The summed E-state index contributed by atoms with van der Waals surface area (Å²) in [5.41, 5.74) is 1.53. The van der Waals surface area contributed by atoms with Crippen LogP contribution in [0.4, 0.5) is 10.6 Å². The molecule has 3 rings (SSSR count). The quantitative estimate of drug-likeness (QED) is 0.826. The normalized spacial score (nSPS) is 16.0. The van der Waals surface area contributed by atoms with Crippen molar-refractivity contribution in [1.29, 1.82) is 0 Å². The molecule has 28 heavy (non-hydrogen) atoms. The number of rotatable bonds is 5. The van der Waals surface area contributed by atoms with Crippen molar-refractivity contribution in [3.8, 4) is 0 Å². The first-order chi connectivity index (χ1) is 13.2. The smallest absolute Gasteiger partial charge is 0.411 e. The Kier molecular flexibility index (Phi) is 5.42. The molecule has 1 aliphatic heterocycles. The lowest BCUT2D eigenvalue weighted by Crippen LogP contribution is -2.43. The van der Waals surface area contributed by atoms with Crippen molar-refractivity contribution in [1.82, 2.24) is 20.0 Å². The Morgan fingerprint density at radius 1 is 1.32 bits per heavy atom. The van der Waals surface area contributed by atoms with Crippen molar-refractivity contribution in [2.24, 2.45) is 0 Å². The molecule has 1 atom stereocenters. The van der Waals surface area contributed by atoms with Crippen LogP contribution in [0.2, 0.25) is 0 Å². The molecule has 2 aromatic rings. The molecule has 0 spiro atoms.